The van der Waals surface area contributed by atoms with E-state index in [1.807, 2.05) is 0 Å². The Morgan fingerprint density at radius 3 is 2.88 bits per heavy atom. The number of aromatic nitrogens is 2. The van der Waals surface area contributed by atoms with E-state index in [0.717, 1.165) is 5.69 Å². The number of amides is 1. The summed E-state index contributed by atoms with van der Waals surface area (Å²) in [5, 5.41) is 16.6. The van der Waals surface area contributed by atoms with E-state index in [-0.39, 0.29) is 30.5 Å². The van der Waals surface area contributed by atoms with E-state index in [1.54, 1.807) is 23.7 Å². The Morgan fingerprint density at radius 1 is 1.31 bits per heavy atom. The van der Waals surface area contributed by atoms with Gasteiger partial charge in [-0.2, -0.15) is 9.40 Å². The fourth-order valence-electron chi connectivity index (χ4n) is 3.05. The van der Waals surface area contributed by atoms with Gasteiger partial charge in [-0.05, 0) is 31.2 Å². The van der Waals surface area contributed by atoms with Crippen LogP contribution >= 0.6 is 0 Å². The molecular formula is C16H18N4O5S. The molecule has 1 amide bonds. The number of carbonyl (C=O) groups is 1. The SMILES string of the molecule is C[C@@H](O)c1cc2n(n1)CCN(S(=O)(=O)c1ccc3c(c1)NC(=O)CO3)C2. The summed E-state index contributed by atoms with van der Waals surface area (Å²) in [6, 6.07) is 6.14. The number of carbonyl (C=O) groups excluding carboxylic acids is 1. The summed E-state index contributed by atoms with van der Waals surface area (Å²) in [5.41, 5.74) is 1.60. The van der Waals surface area contributed by atoms with Gasteiger partial charge in [0.2, 0.25) is 10.0 Å². The van der Waals surface area contributed by atoms with Crippen molar-refractivity contribution in [2.75, 3.05) is 18.5 Å². The zero-order chi connectivity index (χ0) is 18.5. The fraction of sp³-hybridized carbons (Fsp3) is 0.375. The number of fused-ring (bicyclic) bond motifs is 2. The second-order valence-electron chi connectivity index (χ2n) is 6.29. The number of aliphatic hydroxyl groups excluding tert-OH is 1. The Labute approximate surface area is 150 Å². The Kier molecular flexibility index (Phi) is 3.98. The fourth-order valence-corrected chi connectivity index (χ4v) is 4.47. The van der Waals surface area contributed by atoms with Gasteiger partial charge in [0.05, 0.1) is 41.2 Å². The van der Waals surface area contributed by atoms with E-state index in [9.17, 15) is 18.3 Å². The van der Waals surface area contributed by atoms with Gasteiger partial charge in [-0.1, -0.05) is 0 Å². The molecule has 2 aromatic rings. The predicted octanol–water partition coefficient (Wildman–Crippen LogP) is 0.472. The Balaban J connectivity index is 1.63. The maximum atomic E-state index is 13.0. The van der Waals surface area contributed by atoms with Gasteiger partial charge in [0.1, 0.15) is 5.75 Å². The number of anilines is 1. The van der Waals surface area contributed by atoms with Gasteiger partial charge in [0, 0.05) is 6.54 Å². The molecule has 3 heterocycles. The van der Waals surface area contributed by atoms with Gasteiger partial charge in [-0.3, -0.25) is 9.48 Å². The molecule has 0 fully saturated rings. The summed E-state index contributed by atoms with van der Waals surface area (Å²) in [4.78, 5) is 11.5. The average molecular weight is 378 g/mol. The maximum Gasteiger partial charge on any atom is 0.262 e. The molecule has 2 aliphatic heterocycles. The number of nitrogens with zero attached hydrogens (tertiary/aromatic N) is 3. The molecule has 0 spiro atoms. The summed E-state index contributed by atoms with van der Waals surface area (Å²) < 4.78 is 34.3. The molecule has 0 radical (unpaired) electrons. The molecule has 2 aliphatic rings. The first kappa shape index (κ1) is 17.0. The molecule has 0 unspecified atom stereocenters. The van der Waals surface area contributed by atoms with E-state index >= 15 is 0 Å². The van der Waals surface area contributed by atoms with Gasteiger partial charge in [0.25, 0.3) is 5.91 Å². The molecule has 0 aliphatic carbocycles. The lowest BCUT2D eigenvalue weighted by molar-refractivity contribution is -0.118. The van der Waals surface area contributed by atoms with Crippen LogP contribution in [0.3, 0.4) is 0 Å². The van der Waals surface area contributed by atoms with E-state index in [2.05, 4.69) is 10.4 Å². The van der Waals surface area contributed by atoms with E-state index in [4.69, 9.17) is 4.74 Å². The monoisotopic (exact) mass is 378 g/mol. The highest BCUT2D eigenvalue weighted by atomic mass is 32.2. The lowest BCUT2D eigenvalue weighted by Crippen LogP contribution is -2.38. The van der Waals surface area contributed by atoms with Crippen LogP contribution in [0.25, 0.3) is 0 Å². The summed E-state index contributed by atoms with van der Waals surface area (Å²) in [7, 11) is -3.74. The molecule has 138 valence electrons. The van der Waals surface area contributed by atoms with Gasteiger partial charge in [-0.15, -0.1) is 0 Å². The molecule has 10 heteroatoms. The number of sulfonamides is 1. The quantitative estimate of drug-likeness (QED) is 0.803. The highest BCUT2D eigenvalue weighted by Crippen LogP contribution is 2.32. The van der Waals surface area contributed by atoms with Crippen LogP contribution in [0.1, 0.15) is 24.4 Å². The summed E-state index contributed by atoms with van der Waals surface area (Å²) in [6.07, 6.45) is -0.706. The van der Waals surface area contributed by atoms with Crippen molar-refractivity contribution < 1.29 is 23.1 Å². The first-order chi connectivity index (χ1) is 12.3. The Morgan fingerprint density at radius 2 is 2.12 bits per heavy atom. The van der Waals surface area contributed by atoms with Gasteiger partial charge < -0.3 is 15.2 Å². The number of benzene rings is 1. The molecular weight excluding hydrogens is 360 g/mol. The van der Waals surface area contributed by atoms with Crippen LogP contribution in [-0.4, -0.2) is 46.7 Å². The zero-order valence-corrected chi connectivity index (χ0v) is 14.9. The van der Waals surface area contributed by atoms with Crippen LogP contribution in [0, 0.1) is 0 Å². The van der Waals surface area contributed by atoms with Crippen molar-refractivity contribution in [3.05, 3.63) is 35.7 Å². The minimum Gasteiger partial charge on any atom is -0.482 e. The molecule has 26 heavy (non-hydrogen) atoms. The smallest absolute Gasteiger partial charge is 0.262 e. The zero-order valence-electron chi connectivity index (χ0n) is 14.0. The Hall–Kier alpha value is -2.43. The van der Waals surface area contributed by atoms with Crippen LogP contribution in [0.4, 0.5) is 5.69 Å². The minimum atomic E-state index is -3.74. The number of rotatable bonds is 3. The van der Waals surface area contributed by atoms with Gasteiger partial charge in [0.15, 0.2) is 6.61 Å². The molecule has 1 aromatic carbocycles. The van der Waals surface area contributed by atoms with E-state index in [0.29, 0.717) is 23.7 Å². The van der Waals surface area contributed by atoms with Crippen molar-refractivity contribution in [1.82, 2.24) is 14.1 Å². The molecule has 0 bridgehead atoms. The van der Waals surface area contributed by atoms with E-state index in [1.165, 1.54) is 16.4 Å². The second kappa shape index (κ2) is 6.08. The standard InChI is InChI=1S/C16H18N4O5S/c1-10(21)13-6-11-8-19(4-5-20(11)18-13)26(23,24)12-2-3-15-14(7-12)17-16(22)9-25-15/h2-3,6-7,10,21H,4-5,8-9H2,1H3,(H,17,22)/t10-/m1/s1. The Bertz CT molecular complexity index is 983. The van der Waals surface area contributed by atoms with Crippen molar-refractivity contribution in [2.45, 2.75) is 31.0 Å². The number of nitrogens with one attached hydrogen (secondary N) is 1. The summed E-state index contributed by atoms with van der Waals surface area (Å²) >= 11 is 0. The lowest BCUT2D eigenvalue weighted by Gasteiger charge is -2.27. The van der Waals surface area contributed by atoms with Crippen molar-refractivity contribution in [3.8, 4) is 5.75 Å². The number of hydrogen-bond acceptors (Lipinski definition) is 6. The molecule has 1 atom stereocenters. The van der Waals surface area contributed by atoms with Crippen molar-refractivity contribution in [3.63, 3.8) is 0 Å². The number of ether oxygens (including phenoxy) is 1. The van der Waals surface area contributed by atoms with Gasteiger partial charge in [-0.25, -0.2) is 8.42 Å². The largest absolute Gasteiger partial charge is 0.482 e. The van der Waals surface area contributed by atoms with Crippen molar-refractivity contribution in [2.24, 2.45) is 0 Å². The normalized spacial score (nSPS) is 18.5. The van der Waals surface area contributed by atoms with Gasteiger partial charge >= 0.3 is 0 Å². The summed E-state index contributed by atoms with van der Waals surface area (Å²) in [5.74, 6) is 0.126. The third kappa shape index (κ3) is 2.85. The first-order valence-corrected chi connectivity index (χ1v) is 9.60. The summed E-state index contributed by atoms with van der Waals surface area (Å²) in [6.45, 7) is 2.39. The van der Waals surface area contributed by atoms with Crippen molar-refractivity contribution >= 4 is 21.6 Å². The highest BCUT2D eigenvalue weighted by Gasteiger charge is 2.31. The molecule has 1 aromatic heterocycles. The number of hydrogen-bond donors (Lipinski definition) is 2. The third-order valence-corrected chi connectivity index (χ3v) is 6.27. The lowest BCUT2D eigenvalue weighted by atomic mass is 10.2. The van der Waals surface area contributed by atoms with E-state index < -0.39 is 16.1 Å². The molecule has 9 nitrogen and oxygen atoms in total. The predicted molar refractivity (Wildman–Crippen MR) is 91.0 cm³/mol. The third-order valence-electron chi connectivity index (χ3n) is 4.43. The minimum absolute atomic E-state index is 0.0825. The number of aliphatic hydroxyl groups is 1. The van der Waals surface area contributed by atoms with Crippen LogP contribution < -0.4 is 10.1 Å². The molecule has 0 saturated heterocycles. The van der Waals surface area contributed by atoms with Crippen LogP contribution in [-0.2, 0) is 27.9 Å². The van der Waals surface area contributed by atoms with Crippen LogP contribution in [0.2, 0.25) is 0 Å². The highest BCUT2D eigenvalue weighted by molar-refractivity contribution is 7.89. The van der Waals surface area contributed by atoms with Crippen LogP contribution in [0.5, 0.6) is 5.75 Å². The molecule has 0 saturated carbocycles. The molecule has 4 rings (SSSR count). The first-order valence-electron chi connectivity index (χ1n) is 8.16. The average Bonchev–Trinajstić information content (AvgIpc) is 3.04. The topological polar surface area (TPSA) is 114 Å². The second-order valence-corrected chi connectivity index (χ2v) is 8.23. The van der Waals surface area contributed by atoms with Crippen molar-refractivity contribution in [1.29, 1.82) is 0 Å². The maximum absolute atomic E-state index is 13.0. The van der Waals surface area contributed by atoms with Crippen LogP contribution in [0.15, 0.2) is 29.2 Å². The molecule has 2 N–H and O–H groups in total.